The number of sulfonamides is 2. The van der Waals surface area contributed by atoms with Crippen LogP contribution in [0.3, 0.4) is 0 Å². The van der Waals surface area contributed by atoms with Crippen molar-refractivity contribution in [3.05, 3.63) is 165 Å². The zero-order valence-corrected chi connectivity index (χ0v) is 47.0. The molecule has 26 heteroatoms. The van der Waals surface area contributed by atoms with Crippen LogP contribution in [0.25, 0.3) is 0 Å². The first-order valence-corrected chi connectivity index (χ1v) is 29.2. The van der Waals surface area contributed by atoms with Gasteiger partial charge in [0.15, 0.2) is 0 Å². The van der Waals surface area contributed by atoms with Gasteiger partial charge in [-0.1, -0.05) is 71.7 Å². The van der Waals surface area contributed by atoms with Crippen molar-refractivity contribution in [3.63, 3.8) is 0 Å². The van der Waals surface area contributed by atoms with Crippen LogP contribution in [0, 0.1) is 0 Å². The van der Waals surface area contributed by atoms with Crippen molar-refractivity contribution in [3.8, 4) is 23.0 Å². The molecule has 6 aromatic rings. The molecule has 0 aliphatic heterocycles. The molecule has 0 radical (unpaired) electrons. The molecule has 0 aliphatic carbocycles. The Hall–Kier alpha value is -6.47. The highest BCUT2D eigenvalue weighted by molar-refractivity contribution is 7.92. The Morgan fingerprint density at radius 3 is 1.24 bits per heavy atom. The molecule has 10 N–H and O–H groups in total. The normalized spacial score (nSPS) is 14.4. The van der Waals surface area contributed by atoms with Gasteiger partial charge in [-0.25, -0.2) is 16.8 Å². The molecule has 21 nitrogen and oxygen atoms in total. The zero-order chi connectivity index (χ0) is 57.2. The van der Waals surface area contributed by atoms with Crippen LogP contribution in [-0.2, 0) is 67.5 Å². The van der Waals surface area contributed by atoms with E-state index in [1.807, 2.05) is 0 Å². The highest BCUT2D eigenvalue weighted by atomic mass is 35.5. The molecule has 0 fully saturated rings. The largest absolute Gasteiger partial charge is 0.506 e. The predicted molar refractivity (Wildman–Crippen MR) is 299 cm³/mol. The number of hydrogen-bond donors (Lipinski definition) is 10. The van der Waals surface area contributed by atoms with Gasteiger partial charge in [0.2, 0.25) is 31.9 Å². The van der Waals surface area contributed by atoms with Gasteiger partial charge in [0, 0.05) is 13.1 Å². The molecule has 0 aliphatic rings. The molecule has 0 saturated carbocycles. The van der Waals surface area contributed by atoms with E-state index in [0.717, 1.165) is 12.5 Å². The molecule has 2 amide bonds. The Labute approximate surface area is 462 Å². The van der Waals surface area contributed by atoms with E-state index in [2.05, 4.69) is 30.7 Å². The summed E-state index contributed by atoms with van der Waals surface area (Å²) in [6.45, 7) is 2.41. The van der Waals surface area contributed by atoms with Crippen LogP contribution in [0.5, 0.6) is 23.0 Å². The number of aliphatic hydroxyl groups is 2. The quantitative estimate of drug-likeness (QED) is 0.0184. The number of carbonyl (C=O) groups excluding carboxylic acids is 2. The summed E-state index contributed by atoms with van der Waals surface area (Å²) < 4.78 is 86.3. The summed E-state index contributed by atoms with van der Waals surface area (Å²) in [4.78, 5) is 28.3. The minimum atomic E-state index is -3.75. The third kappa shape index (κ3) is 16.3. The molecule has 6 rings (SSSR count). The number of phenolic OH excluding ortho intramolecular Hbond substituents is 2. The standard InChI is InChI=1S/C52H59Cl2N6O15PS2/c1-51(35-11-15-37(72-3)16-12-35,55-27-47(63)33-9-21-45(61)43(25-33)59-77(5,68)69)49(65)57-41-19-7-31(23-39(41)53)29-74-76(67)75-30-32-8-20-42(40(54)24-32)58-50(66)52(2,36-13-17-38(73-4)18-14-36)56-28-48(64)34-10-22-46(62)44(26-34)60-78(6,70)71/h7-26,47-48,55-56,59-64,76H,27-30H2,1-6H3,(H,57,65)(H,58,66). The number of nitrogens with one attached hydrogen (secondary N) is 6. The summed E-state index contributed by atoms with van der Waals surface area (Å²) in [5.74, 6) is -0.781. The van der Waals surface area contributed by atoms with Gasteiger partial charge in [-0.05, 0) is 120 Å². The van der Waals surface area contributed by atoms with Gasteiger partial charge in [0.05, 0.1) is 84.9 Å². The van der Waals surface area contributed by atoms with Crippen LogP contribution in [0.1, 0.15) is 59.4 Å². The number of methoxy groups -OCH3 is 2. The average Bonchev–Trinajstić information content (AvgIpc) is 3.41. The van der Waals surface area contributed by atoms with Crippen molar-refractivity contribution in [2.75, 3.05) is 59.9 Å². The minimum absolute atomic E-state index is 0.116. The second-order valence-electron chi connectivity index (χ2n) is 18.2. The summed E-state index contributed by atoms with van der Waals surface area (Å²) >= 11 is 13.3. The van der Waals surface area contributed by atoms with E-state index >= 15 is 0 Å². The van der Waals surface area contributed by atoms with Crippen molar-refractivity contribution < 1.29 is 69.9 Å². The molecule has 0 aromatic heterocycles. The van der Waals surface area contributed by atoms with Gasteiger partial charge in [-0.15, -0.1) is 0 Å². The smallest absolute Gasteiger partial charge is 0.319 e. The van der Waals surface area contributed by atoms with Gasteiger partial charge in [-0.2, -0.15) is 0 Å². The maximum absolute atomic E-state index is 14.2. The number of hydrogen-bond acceptors (Lipinski definition) is 17. The second-order valence-corrected chi connectivity index (χ2v) is 23.6. The number of aromatic hydroxyl groups is 2. The Balaban J connectivity index is 1.06. The summed E-state index contributed by atoms with van der Waals surface area (Å²) in [5.41, 5.74) is -0.405. The van der Waals surface area contributed by atoms with Crippen LogP contribution in [0.2, 0.25) is 10.0 Å². The Bertz CT molecular complexity index is 3160. The molecule has 4 unspecified atom stereocenters. The lowest BCUT2D eigenvalue weighted by atomic mass is 9.90. The van der Waals surface area contributed by atoms with E-state index < -0.39 is 63.4 Å². The van der Waals surface area contributed by atoms with E-state index in [-0.39, 0.29) is 81.7 Å². The van der Waals surface area contributed by atoms with Crippen LogP contribution in [0.4, 0.5) is 22.7 Å². The van der Waals surface area contributed by atoms with E-state index in [0.29, 0.717) is 33.8 Å². The van der Waals surface area contributed by atoms with Crippen LogP contribution in [0.15, 0.2) is 121 Å². The molecule has 6 aromatic carbocycles. The van der Waals surface area contributed by atoms with Gasteiger partial charge < -0.3 is 49.6 Å². The summed E-state index contributed by atoms with van der Waals surface area (Å²) in [6, 6.07) is 30.5. The average molecular weight is 1170 g/mol. The fraction of sp³-hybridized carbons (Fsp3) is 0.269. The summed E-state index contributed by atoms with van der Waals surface area (Å²) in [5, 5.41) is 54.8. The van der Waals surface area contributed by atoms with E-state index in [1.165, 1.54) is 74.9 Å². The molecule has 78 heavy (non-hydrogen) atoms. The molecule has 0 saturated heterocycles. The number of amides is 2. The number of phenols is 2. The topological polar surface area (TPSA) is 310 Å². The maximum Gasteiger partial charge on any atom is 0.319 e. The summed E-state index contributed by atoms with van der Waals surface area (Å²) in [6.07, 6.45) is -0.699. The van der Waals surface area contributed by atoms with Crippen molar-refractivity contribution in [1.82, 2.24) is 10.6 Å². The third-order valence-corrected chi connectivity index (χ3v) is 14.8. The Morgan fingerprint density at radius 2 is 0.923 bits per heavy atom. The lowest BCUT2D eigenvalue weighted by Gasteiger charge is -2.32. The second kappa shape index (κ2) is 26.0. The molecular formula is C52H59Cl2N6O15PS2. The number of ether oxygens (including phenoxy) is 2. The van der Waals surface area contributed by atoms with Crippen LogP contribution in [-0.4, -0.2) is 88.9 Å². The molecule has 4 atom stereocenters. The van der Waals surface area contributed by atoms with Crippen molar-refractivity contribution in [2.45, 2.75) is 50.3 Å². The SMILES string of the molecule is COc1ccc(C(C)(NCC(O)c2ccc(O)c(NS(C)(=O)=O)c2)C(=O)Nc2ccc(CO[PH](=O)OCc3ccc(NC(=O)C(C)(NCC(O)c4ccc(O)c(NS(C)(=O)=O)c4)c4ccc(OC)cc4)c(Cl)c3)cc2Cl)cc1. The fourth-order valence-electron chi connectivity index (χ4n) is 7.72. The van der Waals surface area contributed by atoms with Crippen molar-refractivity contribution in [2.24, 2.45) is 0 Å². The lowest BCUT2D eigenvalue weighted by Crippen LogP contribution is -2.51. The Morgan fingerprint density at radius 1 is 0.564 bits per heavy atom. The van der Waals surface area contributed by atoms with Gasteiger partial charge in [-0.3, -0.25) is 34.2 Å². The van der Waals surface area contributed by atoms with E-state index in [4.69, 9.17) is 41.7 Å². The number of halogens is 2. The molecule has 418 valence electrons. The van der Waals surface area contributed by atoms with Crippen molar-refractivity contribution >= 4 is 86.1 Å². The van der Waals surface area contributed by atoms with Gasteiger partial charge in [0.25, 0.3) is 0 Å². The van der Waals surface area contributed by atoms with Gasteiger partial charge in [0.1, 0.15) is 34.1 Å². The number of aliphatic hydroxyl groups excluding tert-OH is 2. The highest BCUT2D eigenvalue weighted by Crippen LogP contribution is 2.35. The first kappa shape index (κ1) is 60.8. The fourth-order valence-corrected chi connectivity index (χ4v) is 10.00. The van der Waals surface area contributed by atoms with E-state index in [1.54, 1.807) is 74.5 Å². The number of benzene rings is 6. The first-order chi connectivity index (χ1) is 36.7. The Kier molecular flexibility index (Phi) is 20.2. The van der Waals surface area contributed by atoms with Crippen molar-refractivity contribution in [1.29, 1.82) is 0 Å². The van der Waals surface area contributed by atoms with Crippen LogP contribution < -0.4 is 40.2 Å². The number of anilines is 4. The minimum Gasteiger partial charge on any atom is -0.506 e. The molecule has 0 spiro atoms. The lowest BCUT2D eigenvalue weighted by molar-refractivity contribution is -0.123. The predicted octanol–water partition coefficient (Wildman–Crippen LogP) is 7.64. The summed E-state index contributed by atoms with van der Waals surface area (Å²) in [7, 11) is -7.61. The third-order valence-electron chi connectivity index (χ3n) is 12.2. The maximum atomic E-state index is 14.2. The highest BCUT2D eigenvalue weighted by Gasteiger charge is 2.38. The first-order valence-electron chi connectivity index (χ1n) is 23.5. The number of carbonyl (C=O) groups is 2. The number of rotatable bonds is 26. The zero-order valence-electron chi connectivity index (χ0n) is 42.9. The molecule has 0 heterocycles. The monoisotopic (exact) mass is 1170 g/mol. The van der Waals surface area contributed by atoms with Crippen LogP contribution >= 0.6 is 31.5 Å². The molecular weight excluding hydrogens is 1110 g/mol. The van der Waals surface area contributed by atoms with E-state index in [9.17, 15) is 51.4 Å². The molecule has 0 bridgehead atoms. The van der Waals surface area contributed by atoms with Gasteiger partial charge >= 0.3 is 8.25 Å².